The smallest absolute Gasteiger partial charge is 0.257 e. The lowest BCUT2D eigenvalue weighted by Crippen LogP contribution is -2.50. The molecule has 6 nitrogen and oxygen atoms in total. The third kappa shape index (κ3) is 4.72. The third-order valence-corrected chi connectivity index (χ3v) is 6.48. The molecule has 150 valence electrons. The second-order valence-corrected chi connectivity index (χ2v) is 8.57. The molecule has 1 aromatic heterocycles. The summed E-state index contributed by atoms with van der Waals surface area (Å²) in [6, 6.07) is 0. The van der Waals surface area contributed by atoms with Crippen LogP contribution in [-0.4, -0.2) is 59.1 Å². The predicted molar refractivity (Wildman–Crippen MR) is 103 cm³/mol. The van der Waals surface area contributed by atoms with E-state index in [2.05, 4.69) is 5.10 Å². The number of carbonyl (C=O) groups is 1. The number of aromatic nitrogens is 2. The van der Waals surface area contributed by atoms with Gasteiger partial charge in [-0.2, -0.15) is 5.10 Å². The summed E-state index contributed by atoms with van der Waals surface area (Å²) in [5.74, 6) is 1.64. The van der Waals surface area contributed by atoms with Crippen LogP contribution in [0.2, 0.25) is 0 Å². The van der Waals surface area contributed by atoms with Crippen LogP contribution in [0.5, 0.6) is 0 Å². The van der Waals surface area contributed by atoms with Crippen molar-refractivity contribution >= 4 is 5.91 Å². The normalized spacial score (nSPS) is 25.1. The molecule has 3 heterocycles. The molecule has 27 heavy (non-hydrogen) atoms. The van der Waals surface area contributed by atoms with Gasteiger partial charge < -0.3 is 14.4 Å². The van der Waals surface area contributed by atoms with Crippen molar-refractivity contribution in [2.24, 2.45) is 11.8 Å². The Hall–Kier alpha value is -1.40. The van der Waals surface area contributed by atoms with Crippen molar-refractivity contribution in [1.82, 2.24) is 14.7 Å². The molecule has 2 aliphatic heterocycles. The first kappa shape index (κ1) is 18.9. The van der Waals surface area contributed by atoms with Gasteiger partial charge in [0, 0.05) is 45.7 Å². The lowest BCUT2D eigenvalue weighted by atomic mass is 9.78. The molecule has 1 atom stereocenters. The Morgan fingerprint density at radius 2 is 2.11 bits per heavy atom. The monoisotopic (exact) mass is 375 g/mol. The molecule has 6 heteroatoms. The summed E-state index contributed by atoms with van der Waals surface area (Å²) >= 11 is 0. The molecule has 1 saturated carbocycles. The number of rotatable bonds is 7. The Bertz CT molecular complexity index is 632. The maximum absolute atomic E-state index is 12.7. The first-order valence-corrected chi connectivity index (χ1v) is 10.7. The molecule has 4 rings (SSSR count). The molecule has 1 aliphatic carbocycles. The molecule has 1 aromatic rings. The molecule has 0 radical (unpaired) electrons. The van der Waals surface area contributed by atoms with Gasteiger partial charge in [0.1, 0.15) is 0 Å². The maximum Gasteiger partial charge on any atom is 0.257 e. The molecule has 0 aromatic carbocycles. The predicted octanol–water partition coefficient (Wildman–Crippen LogP) is 3.12. The van der Waals surface area contributed by atoms with Crippen molar-refractivity contribution in [3.63, 3.8) is 0 Å². The van der Waals surface area contributed by atoms with Gasteiger partial charge in [0.15, 0.2) is 0 Å². The highest BCUT2D eigenvalue weighted by Gasteiger charge is 2.41. The highest BCUT2D eigenvalue weighted by molar-refractivity contribution is 5.93. The third-order valence-electron chi connectivity index (χ3n) is 6.48. The Morgan fingerprint density at radius 3 is 2.81 bits per heavy atom. The van der Waals surface area contributed by atoms with Crippen molar-refractivity contribution < 1.29 is 14.3 Å². The molecule has 1 amide bonds. The van der Waals surface area contributed by atoms with Gasteiger partial charge in [-0.15, -0.1) is 0 Å². The largest absolute Gasteiger partial charge is 0.381 e. The van der Waals surface area contributed by atoms with E-state index in [9.17, 15) is 4.79 Å². The number of likely N-dealkylation sites (tertiary alicyclic amines) is 1. The van der Waals surface area contributed by atoms with Gasteiger partial charge in [-0.05, 0) is 63.7 Å². The van der Waals surface area contributed by atoms with Crippen LogP contribution >= 0.6 is 0 Å². The number of piperidine rings is 1. The van der Waals surface area contributed by atoms with Gasteiger partial charge in [-0.3, -0.25) is 9.48 Å². The molecule has 1 spiro atoms. The zero-order valence-electron chi connectivity index (χ0n) is 16.6. The second kappa shape index (κ2) is 8.31. The fourth-order valence-corrected chi connectivity index (χ4v) is 4.46. The van der Waals surface area contributed by atoms with Crippen LogP contribution in [0.4, 0.5) is 0 Å². The van der Waals surface area contributed by atoms with Gasteiger partial charge in [0.2, 0.25) is 0 Å². The minimum atomic E-state index is -0.0240. The van der Waals surface area contributed by atoms with Gasteiger partial charge >= 0.3 is 0 Å². The van der Waals surface area contributed by atoms with Crippen molar-refractivity contribution in [3.05, 3.63) is 18.0 Å². The minimum Gasteiger partial charge on any atom is -0.381 e. The number of amides is 1. The Balaban J connectivity index is 1.24. The lowest BCUT2D eigenvalue weighted by molar-refractivity contribution is -0.126. The van der Waals surface area contributed by atoms with Crippen molar-refractivity contribution in [1.29, 1.82) is 0 Å². The average molecular weight is 376 g/mol. The molecule has 0 N–H and O–H groups in total. The van der Waals surface area contributed by atoms with Crippen LogP contribution in [0.1, 0.15) is 62.2 Å². The van der Waals surface area contributed by atoms with Crippen LogP contribution < -0.4 is 0 Å². The molecule has 2 saturated heterocycles. The van der Waals surface area contributed by atoms with E-state index < -0.39 is 0 Å². The van der Waals surface area contributed by atoms with E-state index in [1.54, 1.807) is 10.9 Å². The van der Waals surface area contributed by atoms with E-state index in [-0.39, 0.29) is 11.5 Å². The SMILES string of the molecule is CCn1cc(C(=O)N2CCC3(CC2)CC(CCOCC2CC2)CCO3)cn1. The Morgan fingerprint density at radius 1 is 1.30 bits per heavy atom. The summed E-state index contributed by atoms with van der Waals surface area (Å²) in [7, 11) is 0. The Kier molecular flexibility index (Phi) is 5.83. The maximum atomic E-state index is 12.7. The number of carbonyl (C=O) groups excluding carboxylic acids is 1. The summed E-state index contributed by atoms with van der Waals surface area (Å²) < 4.78 is 13.9. The summed E-state index contributed by atoms with van der Waals surface area (Å²) in [5, 5.41) is 4.23. The van der Waals surface area contributed by atoms with Gasteiger partial charge in [0.05, 0.1) is 17.4 Å². The number of ether oxygens (including phenoxy) is 2. The van der Waals surface area contributed by atoms with E-state index in [1.165, 1.54) is 12.8 Å². The Labute approximate surface area is 162 Å². The van der Waals surface area contributed by atoms with E-state index in [4.69, 9.17) is 9.47 Å². The summed E-state index contributed by atoms with van der Waals surface area (Å²) in [6.07, 6.45) is 11.6. The molecule has 0 bridgehead atoms. The topological polar surface area (TPSA) is 56.6 Å². The number of nitrogens with zero attached hydrogens (tertiary/aromatic N) is 3. The molecular weight excluding hydrogens is 342 g/mol. The minimum absolute atomic E-state index is 0.0240. The highest BCUT2D eigenvalue weighted by Crippen LogP contribution is 2.39. The van der Waals surface area contributed by atoms with E-state index in [1.807, 2.05) is 18.0 Å². The molecular formula is C21H33N3O3. The van der Waals surface area contributed by atoms with Gasteiger partial charge in [-0.25, -0.2) is 0 Å². The number of hydrogen-bond donors (Lipinski definition) is 0. The van der Waals surface area contributed by atoms with Crippen LogP contribution in [0.15, 0.2) is 12.4 Å². The van der Waals surface area contributed by atoms with Crippen LogP contribution in [-0.2, 0) is 16.0 Å². The van der Waals surface area contributed by atoms with Crippen molar-refractivity contribution in [2.45, 2.75) is 64.0 Å². The van der Waals surface area contributed by atoms with Gasteiger partial charge in [0.25, 0.3) is 5.91 Å². The summed E-state index contributed by atoms with van der Waals surface area (Å²) in [6.45, 7) is 7.08. The van der Waals surface area contributed by atoms with Crippen LogP contribution in [0.25, 0.3) is 0 Å². The quantitative estimate of drug-likeness (QED) is 0.687. The molecule has 3 fully saturated rings. The second-order valence-electron chi connectivity index (χ2n) is 8.57. The molecule has 1 unspecified atom stereocenters. The van der Waals surface area contributed by atoms with E-state index >= 15 is 0 Å². The van der Waals surface area contributed by atoms with Gasteiger partial charge in [-0.1, -0.05) is 0 Å². The zero-order chi connectivity index (χ0) is 18.7. The highest BCUT2D eigenvalue weighted by atomic mass is 16.5. The first-order valence-electron chi connectivity index (χ1n) is 10.7. The zero-order valence-corrected chi connectivity index (χ0v) is 16.6. The van der Waals surface area contributed by atoms with E-state index in [0.717, 1.165) is 77.5 Å². The molecule has 3 aliphatic rings. The fourth-order valence-electron chi connectivity index (χ4n) is 4.46. The first-order chi connectivity index (χ1) is 13.2. The lowest BCUT2D eigenvalue weighted by Gasteiger charge is -2.46. The number of hydrogen-bond acceptors (Lipinski definition) is 4. The van der Waals surface area contributed by atoms with Crippen LogP contribution in [0.3, 0.4) is 0 Å². The summed E-state index contributed by atoms with van der Waals surface area (Å²) in [4.78, 5) is 14.7. The summed E-state index contributed by atoms with van der Waals surface area (Å²) in [5.41, 5.74) is 0.673. The fraction of sp³-hybridized carbons (Fsp3) is 0.810. The number of aryl methyl sites for hydroxylation is 1. The van der Waals surface area contributed by atoms with E-state index in [0.29, 0.717) is 11.5 Å². The van der Waals surface area contributed by atoms with Crippen molar-refractivity contribution in [2.75, 3.05) is 32.9 Å². The average Bonchev–Trinajstić information content (AvgIpc) is 3.39. The van der Waals surface area contributed by atoms with Crippen molar-refractivity contribution in [3.8, 4) is 0 Å². The standard InChI is InChI=1S/C21H33N3O3/c1-2-24-15-19(14-22-24)20(25)23-9-7-21(8-10-23)13-17(6-12-27-21)5-11-26-16-18-3-4-18/h14-15,17-18H,2-13,16H2,1H3. The van der Waals surface area contributed by atoms with Crippen LogP contribution in [0, 0.1) is 11.8 Å².